The molecule has 1 atom stereocenters. The molecule has 6 nitrogen and oxygen atoms in total. The Morgan fingerprint density at radius 1 is 1.18 bits per heavy atom. The second-order valence-electron chi connectivity index (χ2n) is 8.63. The number of nitrogens with one attached hydrogen (secondary N) is 1. The highest BCUT2D eigenvalue weighted by Crippen LogP contribution is 2.40. The third-order valence-electron chi connectivity index (χ3n) is 5.52. The SMILES string of the molecule is CC1=C(C(=O)OCC(C)C)C(c2cccc(NC(=O)c3ccccc3)c2)N2CCCSC2=N1. The van der Waals surface area contributed by atoms with E-state index < -0.39 is 0 Å². The Bertz CT molecular complexity index is 1090. The minimum Gasteiger partial charge on any atom is -0.462 e. The van der Waals surface area contributed by atoms with Crippen LogP contribution in [0.1, 0.15) is 49.2 Å². The zero-order valence-electron chi connectivity index (χ0n) is 19.2. The fraction of sp³-hybridized carbons (Fsp3) is 0.346. The molecule has 1 fully saturated rings. The van der Waals surface area contributed by atoms with Gasteiger partial charge in [0.15, 0.2) is 5.17 Å². The summed E-state index contributed by atoms with van der Waals surface area (Å²) >= 11 is 1.71. The smallest absolute Gasteiger partial charge is 0.338 e. The van der Waals surface area contributed by atoms with Gasteiger partial charge in [-0.15, -0.1) is 0 Å². The number of benzene rings is 2. The van der Waals surface area contributed by atoms with Gasteiger partial charge in [0.25, 0.3) is 5.91 Å². The zero-order chi connectivity index (χ0) is 23.4. The van der Waals surface area contributed by atoms with Crippen molar-refractivity contribution in [3.8, 4) is 0 Å². The molecule has 172 valence electrons. The number of ether oxygens (including phenoxy) is 1. The third-order valence-corrected chi connectivity index (χ3v) is 6.60. The average Bonchev–Trinajstić information content (AvgIpc) is 2.82. The van der Waals surface area contributed by atoms with Crippen LogP contribution in [0.15, 0.2) is 70.9 Å². The number of thioether (sulfide) groups is 1. The van der Waals surface area contributed by atoms with E-state index in [2.05, 4.69) is 10.2 Å². The average molecular weight is 464 g/mol. The largest absolute Gasteiger partial charge is 0.462 e. The van der Waals surface area contributed by atoms with Crippen LogP contribution in [0.4, 0.5) is 5.69 Å². The standard InChI is InChI=1S/C26H29N3O3S/c1-17(2)16-32-25(31)22-18(3)27-26-29(13-8-14-33-26)23(22)20-11-7-12-21(15-20)28-24(30)19-9-5-4-6-10-19/h4-7,9-12,15,17,23H,8,13-14,16H2,1-3H3,(H,28,30). The molecule has 7 heteroatoms. The third kappa shape index (κ3) is 5.30. The normalized spacial score (nSPS) is 18.0. The number of hydrogen-bond donors (Lipinski definition) is 1. The van der Waals surface area contributed by atoms with E-state index in [1.165, 1.54) is 0 Å². The Labute approximate surface area is 199 Å². The molecule has 0 bridgehead atoms. The van der Waals surface area contributed by atoms with Crippen LogP contribution < -0.4 is 5.32 Å². The number of aliphatic imine (C=N–C) groups is 1. The van der Waals surface area contributed by atoms with Gasteiger partial charge in [-0.2, -0.15) is 0 Å². The van der Waals surface area contributed by atoms with Gasteiger partial charge < -0.3 is 15.0 Å². The van der Waals surface area contributed by atoms with E-state index in [1.807, 2.05) is 63.2 Å². The van der Waals surface area contributed by atoms with Crippen molar-refractivity contribution >= 4 is 34.5 Å². The number of esters is 1. The number of allylic oxidation sites excluding steroid dienone is 1. The molecule has 33 heavy (non-hydrogen) atoms. The number of anilines is 1. The summed E-state index contributed by atoms with van der Waals surface area (Å²) < 4.78 is 5.63. The van der Waals surface area contributed by atoms with Gasteiger partial charge in [-0.1, -0.05) is 55.9 Å². The molecule has 0 aliphatic carbocycles. The molecule has 1 N–H and O–H groups in total. The van der Waals surface area contributed by atoms with Crippen LogP contribution in [0.2, 0.25) is 0 Å². The lowest BCUT2D eigenvalue weighted by atomic mass is 9.94. The van der Waals surface area contributed by atoms with E-state index in [-0.39, 0.29) is 23.8 Å². The van der Waals surface area contributed by atoms with Crippen LogP contribution in [0, 0.1) is 5.92 Å². The van der Waals surface area contributed by atoms with Gasteiger partial charge in [-0.25, -0.2) is 9.79 Å². The molecule has 2 aromatic rings. The van der Waals surface area contributed by atoms with E-state index in [4.69, 9.17) is 9.73 Å². The molecule has 2 aromatic carbocycles. The summed E-state index contributed by atoms with van der Waals surface area (Å²) in [7, 11) is 0. The minimum absolute atomic E-state index is 0.171. The van der Waals surface area contributed by atoms with Crippen LogP contribution in [0.3, 0.4) is 0 Å². The summed E-state index contributed by atoms with van der Waals surface area (Å²) in [5.41, 5.74) is 3.45. The molecule has 0 saturated carbocycles. The van der Waals surface area contributed by atoms with Crippen LogP contribution in [0.5, 0.6) is 0 Å². The Morgan fingerprint density at radius 2 is 1.97 bits per heavy atom. The highest BCUT2D eigenvalue weighted by Gasteiger charge is 2.38. The van der Waals surface area contributed by atoms with E-state index in [1.54, 1.807) is 23.9 Å². The maximum atomic E-state index is 13.2. The Hall–Kier alpha value is -3.06. The summed E-state index contributed by atoms with van der Waals surface area (Å²) in [5, 5.41) is 3.91. The van der Waals surface area contributed by atoms with E-state index in [0.717, 1.165) is 29.4 Å². The Morgan fingerprint density at radius 3 is 2.73 bits per heavy atom. The molecule has 2 heterocycles. The van der Waals surface area contributed by atoms with Gasteiger partial charge in [0.1, 0.15) is 0 Å². The van der Waals surface area contributed by atoms with Crippen molar-refractivity contribution in [3.05, 3.63) is 77.0 Å². The van der Waals surface area contributed by atoms with Crippen molar-refractivity contribution in [1.82, 2.24) is 4.90 Å². The number of hydrogen-bond acceptors (Lipinski definition) is 6. The van der Waals surface area contributed by atoms with E-state index >= 15 is 0 Å². The first-order chi connectivity index (χ1) is 15.9. The lowest BCUT2D eigenvalue weighted by Crippen LogP contribution is -2.42. The summed E-state index contributed by atoms with van der Waals surface area (Å²) in [4.78, 5) is 32.8. The van der Waals surface area contributed by atoms with Gasteiger partial charge in [0.2, 0.25) is 0 Å². The molecule has 4 rings (SSSR count). The number of amidine groups is 1. The van der Waals surface area contributed by atoms with Crippen LogP contribution in [-0.4, -0.2) is 40.8 Å². The predicted octanol–water partition coefficient (Wildman–Crippen LogP) is 5.26. The molecule has 0 radical (unpaired) electrons. The fourth-order valence-corrected chi connectivity index (χ4v) is 5.00. The number of carbonyl (C=O) groups is 2. The van der Waals surface area contributed by atoms with Crippen molar-refractivity contribution in [2.45, 2.75) is 33.2 Å². The van der Waals surface area contributed by atoms with Crippen molar-refractivity contribution in [1.29, 1.82) is 0 Å². The van der Waals surface area contributed by atoms with Crippen molar-refractivity contribution in [2.75, 3.05) is 24.2 Å². The zero-order valence-corrected chi connectivity index (χ0v) is 20.0. The molecule has 1 amide bonds. The highest BCUT2D eigenvalue weighted by atomic mass is 32.2. The Balaban J connectivity index is 1.67. The number of rotatable bonds is 6. The molecule has 1 unspecified atom stereocenters. The molecule has 0 aromatic heterocycles. The van der Waals surface area contributed by atoms with E-state index in [9.17, 15) is 9.59 Å². The molecule has 2 aliphatic heterocycles. The highest BCUT2D eigenvalue weighted by molar-refractivity contribution is 8.13. The van der Waals surface area contributed by atoms with Crippen LogP contribution in [-0.2, 0) is 9.53 Å². The van der Waals surface area contributed by atoms with Crippen LogP contribution in [0.25, 0.3) is 0 Å². The quantitative estimate of drug-likeness (QED) is 0.592. The molecule has 2 aliphatic rings. The summed E-state index contributed by atoms with van der Waals surface area (Å²) in [6, 6.07) is 16.5. The first-order valence-electron chi connectivity index (χ1n) is 11.3. The van der Waals surface area contributed by atoms with Gasteiger partial charge in [0, 0.05) is 23.5 Å². The van der Waals surface area contributed by atoms with E-state index in [0.29, 0.717) is 29.1 Å². The maximum absolute atomic E-state index is 13.2. The van der Waals surface area contributed by atoms with Crippen molar-refractivity contribution in [2.24, 2.45) is 10.9 Å². The first-order valence-corrected chi connectivity index (χ1v) is 12.2. The Kier molecular flexibility index (Phi) is 7.18. The summed E-state index contributed by atoms with van der Waals surface area (Å²) in [5.74, 6) is 0.757. The maximum Gasteiger partial charge on any atom is 0.338 e. The van der Waals surface area contributed by atoms with Crippen LogP contribution >= 0.6 is 11.8 Å². The number of fused-ring (bicyclic) bond motifs is 1. The fourth-order valence-electron chi connectivity index (χ4n) is 3.98. The molecule has 0 spiro atoms. The van der Waals surface area contributed by atoms with Gasteiger partial charge in [-0.05, 0) is 49.1 Å². The van der Waals surface area contributed by atoms with Gasteiger partial charge >= 0.3 is 5.97 Å². The molecular weight excluding hydrogens is 434 g/mol. The second kappa shape index (κ2) is 10.3. The summed E-state index contributed by atoms with van der Waals surface area (Å²) in [6.45, 7) is 7.08. The molecular formula is C26H29N3O3S. The monoisotopic (exact) mass is 463 g/mol. The number of carbonyl (C=O) groups excluding carboxylic acids is 2. The minimum atomic E-state index is -0.330. The van der Waals surface area contributed by atoms with Gasteiger partial charge in [-0.3, -0.25) is 4.79 Å². The summed E-state index contributed by atoms with van der Waals surface area (Å²) in [6.07, 6.45) is 1.01. The van der Waals surface area contributed by atoms with Crippen molar-refractivity contribution < 1.29 is 14.3 Å². The first kappa shape index (κ1) is 23.1. The van der Waals surface area contributed by atoms with Gasteiger partial charge in [0.05, 0.1) is 23.9 Å². The van der Waals surface area contributed by atoms with Crippen molar-refractivity contribution in [3.63, 3.8) is 0 Å². The topological polar surface area (TPSA) is 71.0 Å². The number of nitrogens with zero attached hydrogens (tertiary/aromatic N) is 2. The lowest BCUT2D eigenvalue weighted by molar-refractivity contribution is -0.140. The second-order valence-corrected chi connectivity index (χ2v) is 9.69. The molecule has 1 saturated heterocycles. The predicted molar refractivity (Wildman–Crippen MR) is 133 cm³/mol. The lowest BCUT2D eigenvalue weighted by Gasteiger charge is -2.40. The number of amides is 1.